The first-order valence-corrected chi connectivity index (χ1v) is 16.0. The molecule has 0 amide bonds. The molecule has 0 aliphatic rings. The van der Waals surface area contributed by atoms with Crippen molar-refractivity contribution in [1.82, 2.24) is 0 Å². The molecule has 0 aromatic heterocycles. The number of carbonyl (C=O) groups is 8. The molecule has 0 aromatic rings. The first kappa shape index (κ1) is 56.4. The first-order valence-electron chi connectivity index (χ1n) is 16.0. The Morgan fingerprint density at radius 1 is 0.321 bits per heavy atom. The number of esters is 8. The fraction of sp³-hybridized carbons (Fsp3) is 0.400. The van der Waals surface area contributed by atoms with Crippen LogP contribution in [0.5, 0.6) is 0 Å². The zero-order valence-electron chi connectivity index (χ0n) is 30.3. The molecular formula is C40H56O16. The summed E-state index contributed by atoms with van der Waals surface area (Å²) in [5.41, 5.74) is -2.30. The summed E-state index contributed by atoms with van der Waals surface area (Å²) in [6.07, 6.45) is 10.1. The van der Waals surface area contributed by atoms with Crippen molar-refractivity contribution in [3.05, 3.63) is 101 Å². The summed E-state index contributed by atoms with van der Waals surface area (Å²) < 4.78 is 40.1. The Bertz CT molecular complexity index is 1230. The predicted molar refractivity (Wildman–Crippen MR) is 206 cm³/mol. The van der Waals surface area contributed by atoms with Crippen molar-refractivity contribution in [1.29, 1.82) is 0 Å². The Hall–Kier alpha value is -6.32. The second-order valence-corrected chi connectivity index (χ2v) is 10.9. The molecule has 0 bridgehead atoms. The van der Waals surface area contributed by atoms with E-state index in [0.717, 1.165) is 48.6 Å². The van der Waals surface area contributed by atoms with Crippen LogP contribution >= 0.6 is 0 Å². The van der Waals surface area contributed by atoms with Crippen LogP contribution in [0.25, 0.3) is 0 Å². The van der Waals surface area contributed by atoms with Crippen LogP contribution in [0.1, 0.15) is 40.5 Å². The molecule has 0 aromatic carbocycles. The molecule has 312 valence electrons. The van der Waals surface area contributed by atoms with Gasteiger partial charge in [0, 0.05) is 48.6 Å². The molecule has 0 atom stereocenters. The lowest BCUT2D eigenvalue weighted by Gasteiger charge is -2.32. The number of hydrogen-bond acceptors (Lipinski definition) is 16. The van der Waals surface area contributed by atoms with Crippen molar-refractivity contribution in [2.75, 3.05) is 52.9 Å². The van der Waals surface area contributed by atoms with Crippen molar-refractivity contribution in [3.8, 4) is 0 Å². The van der Waals surface area contributed by atoms with Crippen LogP contribution in [0.4, 0.5) is 0 Å². The van der Waals surface area contributed by atoms with E-state index in [9.17, 15) is 38.4 Å². The smallest absolute Gasteiger partial charge is 0.330 e. The normalized spacial score (nSPS) is 9.71. The van der Waals surface area contributed by atoms with Crippen LogP contribution in [-0.2, 0) is 76.3 Å². The Balaban J connectivity index is -0.000000471. The average molecular weight is 793 g/mol. The van der Waals surface area contributed by atoms with E-state index in [1.807, 2.05) is 0 Å². The summed E-state index contributed by atoms with van der Waals surface area (Å²) >= 11 is 0. The van der Waals surface area contributed by atoms with E-state index in [0.29, 0.717) is 25.7 Å². The quantitative estimate of drug-likeness (QED) is 0.0458. The maximum absolute atomic E-state index is 11.5. The maximum atomic E-state index is 11.5. The Kier molecular flexibility index (Phi) is 33.5. The summed E-state index contributed by atoms with van der Waals surface area (Å²) in [6.45, 7) is 24.6. The molecule has 0 fully saturated rings. The van der Waals surface area contributed by atoms with E-state index < -0.39 is 58.6 Å². The minimum Gasteiger partial charge on any atom is -0.463 e. The van der Waals surface area contributed by atoms with Gasteiger partial charge in [0.05, 0.1) is 12.0 Å². The molecule has 16 heteroatoms. The van der Waals surface area contributed by atoms with E-state index in [1.165, 1.54) is 0 Å². The highest BCUT2D eigenvalue weighted by Crippen LogP contribution is 2.28. The van der Waals surface area contributed by atoms with Gasteiger partial charge >= 0.3 is 47.8 Å². The largest absolute Gasteiger partial charge is 0.463 e. The Labute approximate surface area is 329 Å². The van der Waals surface area contributed by atoms with E-state index >= 15 is 0 Å². The van der Waals surface area contributed by atoms with Crippen molar-refractivity contribution in [2.45, 2.75) is 40.5 Å². The number of unbranched alkanes of at least 4 members (excludes halogenated alkanes) is 2. The van der Waals surface area contributed by atoms with Crippen molar-refractivity contribution in [3.63, 3.8) is 0 Å². The van der Waals surface area contributed by atoms with Gasteiger partial charge in [-0.1, -0.05) is 80.3 Å². The highest BCUT2D eigenvalue weighted by molar-refractivity contribution is 5.84. The molecule has 0 radical (unpaired) electrons. The number of carbonyl (C=O) groups excluding carboxylic acids is 8. The SMILES string of the molecule is C.C.C=CC(=O)OCC(COC(=O)C=C)(COC(=O)C=C)COC(=O)C=C.C=CC(=O)OCCCCCC(COC(=O)C=C)(COC(=O)C=C)COC(=O)C=C. The van der Waals surface area contributed by atoms with Crippen LogP contribution in [0, 0.1) is 10.8 Å². The number of hydrogen-bond donors (Lipinski definition) is 0. The van der Waals surface area contributed by atoms with Crippen molar-refractivity contribution in [2.24, 2.45) is 10.8 Å². The molecule has 0 N–H and O–H groups in total. The highest BCUT2D eigenvalue weighted by Gasteiger charge is 2.38. The molecule has 0 rings (SSSR count). The van der Waals surface area contributed by atoms with E-state index in [-0.39, 0.29) is 67.7 Å². The average Bonchev–Trinajstić information content (AvgIpc) is 3.20. The molecule has 0 spiro atoms. The van der Waals surface area contributed by atoms with E-state index in [1.54, 1.807) is 0 Å². The second kappa shape index (κ2) is 33.3. The van der Waals surface area contributed by atoms with Gasteiger partial charge in [-0.2, -0.15) is 0 Å². The van der Waals surface area contributed by atoms with Crippen LogP contribution in [-0.4, -0.2) is 101 Å². The summed E-state index contributed by atoms with van der Waals surface area (Å²) in [5.74, 6) is -5.51. The Morgan fingerprint density at radius 2 is 0.536 bits per heavy atom. The van der Waals surface area contributed by atoms with Crippen LogP contribution in [0.3, 0.4) is 0 Å². The van der Waals surface area contributed by atoms with E-state index in [4.69, 9.17) is 37.9 Å². The molecular weight excluding hydrogens is 736 g/mol. The molecule has 0 aliphatic carbocycles. The third kappa shape index (κ3) is 27.3. The van der Waals surface area contributed by atoms with Crippen LogP contribution in [0.15, 0.2) is 101 Å². The van der Waals surface area contributed by atoms with Gasteiger partial charge in [-0.15, -0.1) is 0 Å². The maximum Gasteiger partial charge on any atom is 0.330 e. The number of ether oxygens (including phenoxy) is 8. The number of rotatable bonds is 28. The molecule has 0 saturated carbocycles. The van der Waals surface area contributed by atoms with Crippen molar-refractivity contribution < 1.29 is 76.3 Å². The van der Waals surface area contributed by atoms with Gasteiger partial charge in [0.2, 0.25) is 0 Å². The lowest BCUT2D eigenvalue weighted by molar-refractivity contribution is -0.165. The Morgan fingerprint density at radius 3 is 0.768 bits per heavy atom. The third-order valence-corrected chi connectivity index (χ3v) is 6.57. The monoisotopic (exact) mass is 792 g/mol. The summed E-state index contributed by atoms with van der Waals surface area (Å²) in [7, 11) is 0. The van der Waals surface area contributed by atoms with Crippen molar-refractivity contribution >= 4 is 47.8 Å². The molecule has 0 heterocycles. The summed E-state index contributed by atoms with van der Waals surface area (Å²) in [6, 6.07) is 0. The van der Waals surface area contributed by atoms with Crippen LogP contribution in [0.2, 0.25) is 0 Å². The molecule has 56 heavy (non-hydrogen) atoms. The topological polar surface area (TPSA) is 210 Å². The lowest BCUT2D eigenvalue weighted by Crippen LogP contribution is -2.43. The van der Waals surface area contributed by atoms with Crippen LogP contribution < -0.4 is 0 Å². The fourth-order valence-electron chi connectivity index (χ4n) is 3.58. The predicted octanol–water partition coefficient (Wildman–Crippen LogP) is 4.61. The molecule has 0 unspecified atom stereocenters. The van der Waals surface area contributed by atoms with Gasteiger partial charge in [0.15, 0.2) is 0 Å². The van der Waals surface area contributed by atoms with Gasteiger partial charge in [-0.05, 0) is 12.8 Å². The summed E-state index contributed by atoms with van der Waals surface area (Å²) in [4.78, 5) is 90.9. The second-order valence-electron chi connectivity index (χ2n) is 10.9. The zero-order chi connectivity index (χ0) is 41.4. The molecule has 0 aliphatic heterocycles. The third-order valence-electron chi connectivity index (χ3n) is 6.57. The minimum absolute atomic E-state index is 0. The van der Waals surface area contributed by atoms with Gasteiger partial charge in [0.25, 0.3) is 0 Å². The molecule has 16 nitrogen and oxygen atoms in total. The molecule has 0 saturated heterocycles. The standard InChI is InChI=1S/C21H28O8.C17H20O8.2CH4/c1-5-17(22)26-13-11-9-10-12-21(14-27-18(23)6-2,15-28-19(24)7-3)16-29-20(25)8-4;1-5-13(18)22-9-17(10-23-14(19)6-2,11-24-15(20)7-3)12-25-16(21)8-4;;/h5-8H,1-4,9-16H2;5-8H,1-4,9-12H2;2*1H4. The van der Waals surface area contributed by atoms with E-state index in [2.05, 4.69) is 52.6 Å². The summed E-state index contributed by atoms with van der Waals surface area (Å²) in [5, 5.41) is 0. The van der Waals surface area contributed by atoms with Gasteiger partial charge in [-0.3, -0.25) is 0 Å². The van der Waals surface area contributed by atoms with Gasteiger partial charge < -0.3 is 37.9 Å². The first-order chi connectivity index (χ1) is 25.6. The lowest BCUT2D eigenvalue weighted by atomic mass is 9.84. The highest BCUT2D eigenvalue weighted by atomic mass is 16.6. The van der Waals surface area contributed by atoms with Gasteiger partial charge in [-0.25, -0.2) is 38.4 Å². The zero-order valence-corrected chi connectivity index (χ0v) is 30.3. The minimum atomic E-state index is -1.34. The van der Waals surface area contributed by atoms with Gasteiger partial charge in [0.1, 0.15) is 51.7 Å². The fourth-order valence-corrected chi connectivity index (χ4v) is 3.58.